The van der Waals surface area contributed by atoms with E-state index in [1.165, 1.54) is 12.1 Å². The lowest BCUT2D eigenvalue weighted by atomic mass is 10.1. The molecule has 3 heterocycles. The van der Waals surface area contributed by atoms with Gasteiger partial charge in [0.05, 0.1) is 6.42 Å². The van der Waals surface area contributed by atoms with Crippen molar-refractivity contribution in [3.63, 3.8) is 0 Å². The summed E-state index contributed by atoms with van der Waals surface area (Å²) in [4.78, 5) is 16.9. The molecule has 7 nitrogen and oxygen atoms in total. The standard InChI is InChI=1S/C26H23BrF3N3O4/c1-25(2,3)36-22(34)13-19-7-6-18-9-14-4-5-15(11-21(14)33(18)19)23-31-24(37-32-23)16-8-17(27)12-20(10-16)35-26(28,29)30/h4-5,8-12,19H,6-7,13H2,1-3H3. The molecule has 0 amide bonds. The van der Waals surface area contributed by atoms with Crippen LogP contribution in [0.1, 0.15) is 45.3 Å². The zero-order valence-corrected chi connectivity index (χ0v) is 21.8. The number of aryl methyl sites for hydroxylation is 1. The zero-order chi connectivity index (χ0) is 26.5. The number of hydrogen-bond donors (Lipinski definition) is 0. The van der Waals surface area contributed by atoms with Crippen LogP contribution >= 0.6 is 15.9 Å². The third kappa shape index (κ3) is 5.66. The second-order valence-corrected chi connectivity index (χ2v) is 10.8. The number of rotatable bonds is 5. The Morgan fingerprint density at radius 3 is 2.65 bits per heavy atom. The number of carbonyl (C=O) groups excluding carboxylic acids is 1. The Hall–Kier alpha value is -3.34. The smallest absolute Gasteiger partial charge is 0.460 e. The van der Waals surface area contributed by atoms with Gasteiger partial charge in [-0.25, -0.2) is 0 Å². The van der Waals surface area contributed by atoms with Crippen molar-refractivity contribution < 1.29 is 32.0 Å². The fourth-order valence-corrected chi connectivity index (χ4v) is 5.06. The summed E-state index contributed by atoms with van der Waals surface area (Å²) in [6.45, 7) is 5.54. The van der Waals surface area contributed by atoms with Crippen molar-refractivity contribution in [2.45, 2.75) is 58.0 Å². The second-order valence-electron chi connectivity index (χ2n) is 9.91. The predicted octanol–water partition coefficient (Wildman–Crippen LogP) is 7.24. The summed E-state index contributed by atoms with van der Waals surface area (Å²) in [6, 6.07) is 11.8. The molecular formula is C26H23BrF3N3O4. The van der Waals surface area contributed by atoms with Crippen LogP contribution < -0.4 is 4.74 Å². The highest BCUT2D eigenvalue weighted by Crippen LogP contribution is 2.37. The van der Waals surface area contributed by atoms with E-state index >= 15 is 0 Å². The zero-order valence-electron chi connectivity index (χ0n) is 20.2. The van der Waals surface area contributed by atoms with Gasteiger partial charge < -0.3 is 18.6 Å². The highest BCUT2D eigenvalue weighted by Gasteiger charge is 2.32. The number of carbonyl (C=O) groups is 1. The summed E-state index contributed by atoms with van der Waals surface area (Å²) in [5, 5.41) is 5.07. The Morgan fingerprint density at radius 2 is 1.92 bits per heavy atom. The Morgan fingerprint density at radius 1 is 1.14 bits per heavy atom. The van der Waals surface area contributed by atoms with Gasteiger partial charge in [0, 0.05) is 32.9 Å². The molecule has 0 saturated heterocycles. The quantitative estimate of drug-likeness (QED) is 0.233. The van der Waals surface area contributed by atoms with Crippen LogP contribution in [0.25, 0.3) is 33.7 Å². The molecule has 0 spiro atoms. The van der Waals surface area contributed by atoms with Crippen molar-refractivity contribution in [3.8, 4) is 28.6 Å². The number of aromatic nitrogens is 3. The molecule has 1 aliphatic heterocycles. The maximum atomic E-state index is 12.7. The molecule has 194 valence electrons. The van der Waals surface area contributed by atoms with E-state index in [0.29, 0.717) is 10.0 Å². The van der Waals surface area contributed by atoms with Crippen molar-refractivity contribution in [2.24, 2.45) is 0 Å². The molecular weight excluding hydrogens is 555 g/mol. The molecule has 0 fully saturated rings. The molecule has 2 aromatic heterocycles. The van der Waals surface area contributed by atoms with E-state index in [-0.39, 0.29) is 35.7 Å². The predicted molar refractivity (Wildman–Crippen MR) is 133 cm³/mol. The summed E-state index contributed by atoms with van der Waals surface area (Å²) < 4.78 is 55.5. The summed E-state index contributed by atoms with van der Waals surface area (Å²) in [6.07, 6.45) is -2.86. The summed E-state index contributed by atoms with van der Waals surface area (Å²) >= 11 is 3.19. The van der Waals surface area contributed by atoms with E-state index in [1.54, 1.807) is 6.07 Å². The SMILES string of the molecule is CC(C)(C)OC(=O)CC1CCc2cc3ccc(-c4noc(-c5cc(Br)cc(OC(F)(F)F)c5)n4)cc3n21. The van der Waals surface area contributed by atoms with E-state index in [0.717, 1.165) is 29.4 Å². The van der Waals surface area contributed by atoms with Crippen LogP contribution in [0.15, 0.2) is 51.5 Å². The van der Waals surface area contributed by atoms with Crippen LogP contribution in [-0.2, 0) is 16.0 Å². The Balaban J connectivity index is 1.44. The van der Waals surface area contributed by atoms with Gasteiger partial charge in [0.1, 0.15) is 11.4 Å². The minimum atomic E-state index is -4.83. The van der Waals surface area contributed by atoms with Crippen LogP contribution in [0.4, 0.5) is 13.2 Å². The Kier molecular flexibility index (Phi) is 6.29. The number of nitrogens with zero attached hydrogens (tertiary/aromatic N) is 3. The number of benzene rings is 2. The molecule has 1 aliphatic rings. The normalized spacial score (nSPS) is 15.7. The van der Waals surface area contributed by atoms with E-state index in [2.05, 4.69) is 41.4 Å². The number of alkyl halides is 3. The molecule has 5 rings (SSSR count). The largest absolute Gasteiger partial charge is 0.573 e. The van der Waals surface area contributed by atoms with E-state index < -0.39 is 17.7 Å². The van der Waals surface area contributed by atoms with Crippen LogP contribution in [0.3, 0.4) is 0 Å². The second kappa shape index (κ2) is 9.20. The first kappa shape index (κ1) is 25.3. The molecule has 1 unspecified atom stereocenters. The lowest BCUT2D eigenvalue weighted by Gasteiger charge is -2.22. The molecule has 37 heavy (non-hydrogen) atoms. The maximum absolute atomic E-state index is 12.7. The highest BCUT2D eigenvalue weighted by molar-refractivity contribution is 9.10. The summed E-state index contributed by atoms with van der Waals surface area (Å²) in [5.74, 6) is -0.314. The van der Waals surface area contributed by atoms with Gasteiger partial charge >= 0.3 is 12.3 Å². The number of hydrogen-bond acceptors (Lipinski definition) is 6. The van der Waals surface area contributed by atoms with Crippen molar-refractivity contribution in [1.29, 1.82) is 0 Å². The molecule has 2 aromatic carbocycles. The van der Waals surface area contributed by atoms with Gasteiger partial charge in [-0.2, -0.15) is 4.98 Å². The topological polar surface area (TPSA) is 79.4 Å². The number of esters is 1. The van der Waals surface area contributed by atoms with Crippen LogP contribution in [0.5, 0.6) is 5.75 Å². The first-order valence-corrected chi connectivity index (χ1v) is 12.4. The lowest BCUT2D eigenvalue weighted by molar-refractivity contribution is -0.274. The van der Waals surface area contributed by atoms with Crippen LogP contribution in [-0.4, -0.2) is 32.6 Å². The Labute approximate surface area is 218 Å². The summed E-state index contributed by atoms with van der Waals surface area (Å²) in [5.41, 5.74) is 2.48. The molecule has 0 radical (unpaired) electrons. The third-order valence-corrected chi connectivity index (χ3v) is 6.34. The molecule has 0 bridgehead atoms. The first-order valence-electron chi connectivity index (χ1n) is 11.6. The minimum absolute atomic E-state index is 0.0212. The first-order chi connectivity index (χ1) is 17.3. The van der Waals surface area contributed by atoms with Crippen molar-refractivity contribution in [3.05, 3.63) is 52.6 Å². The van der Waals surface area contributed by atoms with Crippen LogP contribution in [0.2, 0.25) is 0 Å². The van der Waals surface area contributed by atoms with Crippen molar-refractivity contribution in [1.82, 2.24) is 14.7 Å². The number of fused-ring (bicyclic) bond motifs is 3. The molecule has 0 saturated carbocycles. The monoisotopic (exact) mass is 577 g/mol. The van der Waals surface area contributed by atoms with Gasteiger partial charge in [-0.15, -0.1) is 13.2 Å². The fourth-order valence-electron chi connectivity index (χ4n) is 4.59. The van der Waals surface area contributed by atoms with Crippen molar-refractivity contribution >= 4 is 32.8 Å². The molecule has 4 aromatic rings. The van der Waals surface area contributed by atoms with E-state index in [1.807, 2.05) is 39.0 Å². The maximum Gasteiger partial charge on any atom is 0.573 e. The average Bonchev–Trinajstić information content (AvgIpc) is 3.46. The van der Waals surface area contributed by atoms with Gasteiger partial charge in [-0.05, 0) is 69.3 Å². The van der Waals surface area contributed by atoms with Gasteiger partial charge in [-0.3, -0.25) is 4.79 Å². The lowest BCUT2D eigenvalue weighted by Crippen LogP contribution is -2.25. The van der Waals surface area contributed by atoms with E-state index in [9.17, 15) is 18.0 Å². The van der Waals surface area contributed by atoms with Gasteiger partial charge in [0.15, 0.2) is 0 Å². The van der Waals surface area contributed by atoms with E-state index in [4.69, 9.17) is 9.26 Å². The fraction of sp³-hybridized carbons (Fsp3) is 0.346. The molecule has 11 heteroatoms. The Bertz CT molecular complexity index is 1490. The van der Waals surface area contributed by atoms with Gasteiger partial charge in [0.25, 0.3) is 5.89 Å². The number of halogens is 4. The summed E-state index contributed by atoms with van der Waals surface area (Å²) in [7, 11) is 0. The van der Waals surface area contributed by atoms with Gasteiger partial charge in [0.2, 0.25) is 5.82 Å². The molecule has 0 aliphatic carbocycles. The third-order valence-electron chi connectivity index (χ3n) is 5.88. The van der Waals surface area contributed by atoms with Gasteiger partial charge in [-0.1, -0.05) is 33.2 Å². The number of ether oxygens (including phenoxy) is 2. The highest BCUT2D eigenvalue weighted by atomic mass is 79.9. The van der Waals surface area contributed by atoms with Crippen molar-refractivity contribution in [2.75, 3.05) is 0 Å². The van der Waals surface area contributed by atoms with Crippen LogP contribution in [0, 0.1) is 0 Å². The molecule has 1 atom stereocenters. The minimum Gasteiger partial charge on any atom is -0.460 e. The molecule has 0 N–H and O–H groups in total. The average molecular weight is 578 g/mol.